The van der Waals surface area contributed by atoms with Gasteiger partial charge in [-0.3, -0.25) is 4.99 Å². The number of phenolic OH excluding ortho intramolecular Hbond substituents is 2. The Balaban J connectivity index is 1.54. The molecule has 0 saturated heterocycles. The molecule has 0 atom stereocenters. The highest BCUT2D eigenvalue weighted by Gasteiger charge is 2.23. The lowest BCUT2D eigenvalue weighted by Crippen LogP contribution is -2.01. The predicted octanol–water partition coefficient (Wildman–Crippen LogP) is 3.08. The smallest absolute Gasteiger partial charge is 0.172 e. The van der Waals surface area contributed by atoms with Gasteiger partial charge in [0.1, 0.15) is 23.7 Å². The minimum Gasteiger partial charge on any atom is -0.508 e. The Morgan fingerprint density at radius 2 is 2.04 bits per heavy atom. The molecule has 6 nitrogen and oxygen atoms in total. The van der Waals surface area contributed by atoms with Crippen molar-refractivity contribution in [2.45, 2.75) is 13.0 Å². The van der Waals surface area contributed by atoms with E-state index in [1.54, 1.807) is 6.07 Å². The average Bonchev–Trinajstić information content (AvgIpc) is 2.96. The normalized spacial score (nSPS) is 12.4. The van der Waals surface area contributed by atoms with Crippen LogP contribution in [0.2, 0.25) is 0 Å². The van der Waals surface area contributed by atoms with Gasteiger partial charge in [0.25, 0.3) is 0 Å². The van der Waals surface area contributed by atoms with Gasteiger partial charge in [-0.15, -0.1) is 10.2 Å². The Kier molecular flexibility index (Phi) is 4.08. The fourth-order valence-electron chi connectivity index (χ4n) is 2.79. The summed E-state index contributed by atoms with van der Waals surface area (Å²) in [5.74, 6) is 0.521. The zero-order valence-corrected chi connectivity index (χ0v) is 15.2. The monoisotopic (exact) mass is 444 g/mol. The third-order valence-electron chi connectivity index (χ3n) is 4.00. The van der Waals surface area contributed by atoms with Crippen LogP contribution in [-0.2, 0) is 13.0 Å². The molecule has 1 aliphatic carbocycles. The molecule has 1 aliphatic rings. The number of halogens is 1. The van der Waals surface area contributed by atoms with Crippen LogP contribution in [0.1, 0.15) is 22.6 Å². The number of fused-ring (bicyclic) bond motifs is 3. The number of phenols is 2. The van der Waals surface area contributed by atoms with Crippen molar-refractivity contribution in [2.75, 3.05) is 0 Å². The highest BCUT2D eigenvalue weighted by atomic mass is 127. The molecular formula is C18H13IN4O2. The summed E-state index contributed by atoms with van der Waals surface area (Å²) in [7, 11) is 0. The number of hydrogen-bond acceptors (Lipinski definition) is 6. The van der Waals surface area contributed by atoms with Crippen LogP contribution in [0.15, 0.2) is 41.4 Å². The average molecular weight is 444 g/mol. The molecule has 124 valence electrons. The number of hydrogen-bond donors (Lipinski definition) is 2. The van der Waals surface area contributed by atoms with Gasteiger partial charge in [0, 0.05) is 33.4 Å². The molecule has 2 N–H and O–H groups in total. The first-order valence-electron chi connectivity index (χ1n) is 7.64. The Hall–Kier alpha value is -2.55. The second-order valence-electron chi connectivity index (χ2n) is 5.68. The number of benzene rings is 2. The first kappa shape index (κ1) is 15.9. The van der Waals surface area contributed by atoms with Gasteiger partial charge < -0.3 is 10.2 Å². The van der Waals surface area contributed by atoms with Crippen LogP contribution in [0.5, 0.6) is 11.5 Å². The van der Waals surface area contributed by atoms with Crippen molar-refractivity contribution in [1.29, 1.82) is 0 Å². The van der Waals surface area contributed by atoms with Crippen molar-refractivity contribution < 1.29 is 10.2 Å². The first-order chi connectivity index (χ1) is 12.1. The molecule has 0 amide bonds. The Bertz CT molecular complexity index is 1000. The van der Waals surface area contributed by atoms with Crippen LogP contribution in [-0.4, -0.2) is 31.6 Å². The van der Waals surface area contributed by atoms with Crippen LogP contribution in [0.3, 0.4) is 0 Å². The van der Waals surface area contributed by atoms with Crippen LogP contribution < -0.4 is 0 Å². The fourth-order valence-corrected chi connectivity index (χ4v) is 3.48. The molecule has 4 rings (SSSR count). The molecule has 0 spiro atoms. The summed E-state index contributed by atoms with van der Waals surface area (Å²) in [6.45, 7) is 0.272. The van der Waals surface area contributed by atoms with Crippen molar-refractivity contribution in [3.8, 4) is 22.8 Å². The lowest BCUT2D eigenvalue weighted by molar-refractivity contribution is 0.450. The van der Waals surface area contributed by atoms with Gasteiger partial charge >= 0.3 is 0 Å². The molecule has 7 heteroatoms. The molecule has 3 aromatic rings. The first-order valence-corrected chi connectivity index (χ1v) is 8.72. The molecule has 25 heavy (non-hydrogen) atoms. The van der Waals surface area contributed by atoms with Gasteiger partial charge in [0.2, 0.25) is 0 Å². The van der Waals surface area contributed by atoms with Gasteiger partial charge in [0.05, 0.1) is 5.69 Å². The number of aliphatic imine (C=N–C) groups is 1. The summed E-state index contributed by atoms with van der Waals surface area (Å²) in [4.78, 5) is 8.85. The van der Waals surface area contributed by atoms with Gasteiger partial charge in [-0.2, -0.15) is 0 Å². The van der Waals surface area contributed by atoms with Gasteiger partial charge in [-0.05, 0) is 46.4 Å². The van der Waals surface area contributed by atoms with Crippen molar-refractivity contribution in [2.24, 2.45) is 4.99 Å². The maximum absolute atomic E-state index is 9.75. The molecule has 0 aliphatic heterocycles. The highest BCUT2D eigenvalue weighted by Crippen LogP contribution is 2.35. The third kappa shape index (κ3) is 3.07. The van der Waals surface area contributed by atoms with E-state index in [-0.39, 0.29) is 18.0 Å². The second kappa shape index (κ2) is 6.40. The zero-order chi connectivity index (χ0) is 17.4. The Labute approximate surface area is 157 Å². The summed E-state index contributed by atoms with van der Waals surface area (Å²) >= 11 is 2.33. The molecule has 0 unspecified atom stereocenters. The lowest BCUT2D eigenvalue weighted by Gasteiger charge is -2.01. The van der Waals surface area contributed by atoms with E-state index in [1.165, 1.54) is 27.5 Å². The zero-order valence-electron chi connectivity index (χ0n) is 13.0. The summed E-state index contributed by atoms with van der Waals surface area (Å²) in [5.41, 5.74) is 4.64. The molecule has 0 saturated carbocycles. The maximum atomic E-state index is 9.75. The van der Waals surface area contributed by atoms with Crippen LogP contribution in [0.4, 0.5) is 0 Å². The maximum Gasteiger partial charge on any atom is 0.172 e. The number of aromatic hydroxyl groups is 2. The molecule has 2 aromatic carbocycles. The van der Waals surface area contributed by atoms with E-state index >= 15 is 0 Å². The van der Waals surface area contributed by atoms with Crippen molar-refractivity contribution in [3.05, 3.63) is 62.6 Å². The minimum atomic E-state index is -0.0261. The summed E-state index contributed by atoms with van der Waals surface area (Å²) in [6.07, 6.45) is 2.29. The fraction of sp³-hybridized carbons (Fsp3) is 0.111. The lowest BCUT2D eigenvalue weighted by atomic mass is 10.1. The second-order valence-corrected chi connectivity index (χ2v) is 6.84. The Morgan fingerprint density at radius 1 is 1.16 bits per heavy atom. The molecule has 0 bridgehead atoms. The molecule has 0 radical (unpaired) electrons. The van der Waals surface area contributed by atoms with Gasteiger partial charge in [0.15, 0.2) is 5.82 Å². The molecule has 0 fully saturated rings. The van der Waals surface area contributed by atoms with E-state index in [2.05, 4.69) is 48.8 Å². The molecular weight excluding hydrogens is 431 g/mol. The predicted molar refractivity (Wildman–Crippen MR) is 102 cm³/mol. The van der Waals surface area contributed by atoms with E-state index < -0.39 is 0 Å². The molecule has 1 aromatic heterocycles. The topological polar surface area (TPSA) is 91.5 Å². The Morgan fingerprint density at radius 3 is 2.88 bits per heavy atom. The molecule has 1 heterocycles. The van der Waals surface area contributed by atoms with E-state index in [4.69, 9.17) is 0 Å². The summed E-state index contributed by atoms with van der Waals surface area (Å²) in [6, 6.07) is 10.5. The summed E-state index contributed by atoms with van der Waals surface area (Å²) < 4.78 is 1.21. The van der Waals surface area contributed by atoms with E-state index in [0.29, 0.717) is 11.4 Å². The van der Waals surface area contributed by atoms with Gasteiger partial charge in [-0.1, -0.05) is 12.1 Å². The number of rotatable bonds is 3. The number of nitrogens with zero attached hydrogens (tertiary/aromatic N) is 4. The van der Waals surface area contributed by atoms with Crippen molar-refractivity contribution in [3.63, 3.8) is 0 Å². The van der Waals surface area contributed by atoms with Gasteiger partial charge in [-0.25, -0.2) is 4.98 Å². The van der Waals surface area contributed by atoms with E-state index in [1.807, 2.05) is 12.1 Å². The standard InChI is InChI=1S/C18H13IN4O2/c19-14-3-1-2-12-13(14)7-15-18(12)23-22-17(21-15)9-20-8-10-4-5-11(24)6-16(10)25/h1-6,8,24-25H,7,9H2. The highest BCUT2D eigenvalue weighted by molar-refractivity contribution is 14.1. The minimum absolute atomic E-state index is 0.00926. The number of aromatic nitrogens is 3. The van der Waals surface area contributed by atoms with Crippen LogP contribution in [0, 0.1) is 3.57 Å². The van der Waals surface area contributed by atoms with Crippen LogP contribution in [0.25, 0.3) is 11.3 Å². The van der Waals surface area contributed by atoms with Crippen molar-refractivity contribution in [1.82, 2.24) is 15.2 Å². The quantitative estimate of drug-likeness (QED) is 0.375. The van der Waals surface area contributed by atoms with E-state index in [9.17, 15) is 10.2 Å². The third-order valence-corrected chi connectivity index (χ3v) is 5.01. The SMILES string of the molecule is Oc1ccc(C=NCc2nnc3c(n2)Cc2c(I)cccc2-3)c(O)c1. The summed E-state index contributed by atoms with van der Waals surface area (Å²) in [5, 5.41) is 27.5. The van der Waals surface area contributed by atoms with Crippen molar-refractivity contribution >= 4 is 28.8 Å². The van der Waals surface area contributed by atoms with E-state index in [0.717, 1.165) is 23.4 Å². The van der Waals surface area contributed by atoms with Crippen LogP contribution >= 0.6 is 22.6 Å². The largest absolute Gasteiger partial charge is 0.508 e.